The summed E-state index contributed by atoms with van der Waals surface area (Å²) in [6, 6.07) is 8.84. The Bertz CT molecular complexity index is 866. The molecule has 8 heteroatoms. The molecule has 1 aromatic carbocycles. The molecule has 1 aromatic rings. The summed E-state index contributed by atoms with van der Waals surface area (Å²) in [5.74, 6) is -0.647. The third kappa shape index (κ3) is 4.16. The van der Waals surface area contributed by atoms with E-state index in [4.69, 9.17) is 0 Å². The van der Waals surface area contributed by atoms with Gasteiger partial charge in [0.2, 0.25) is 11.8 Å². The van der Waals surface area contributed by atoms with Gasteiger partial charge in [-0.1, -0.05) is 38.0 Å². The quantitative estimate of drug-likeness (QED) is 0.722. The lowest BCUT2D eigenvalue weighted by Crippen LogP contribution is -2.54. The van der Waals surface area contributed by atoms with Crippen LogP contribution in [-0.2, 0) is 14.4 Å². The third-order valence-corrected chi connectivity index (χ3v) is 7.05. The molecule has 1 saturated carbocycles. The number of amides is 5. The van der Waals surface area contributed by atoms with Crippen LogP contribution in [0.3, 0.4) is 0 Å². The predicted molar refractivity (Wildman–Crippen MR) is 115 cm³/mol. The van der Waals surface area contributed by atoms with Gasteiger partial charge in [-0.05, 0) is 43.7 Å². The topological polar surface area (TPSA) is 98.8 Å². The highest BCUT2D eigenvalue weighted by Gasteiger charge is 2.55. The molecule has 5 amide bonds. The van der Waals surface area contributed by atoms with E-state index in [2.05, 4.69) is 10.6 Å². The van der Waals surface area contributed by atoms with Crippen LogP contribution >= 0.6 is 0 Å². The van der Waals surface area contributed by atoms with Crippen LogP contribution in [0.1, 0.15) is 45.4 Å². The van der Waals surface area contributed by atoms with Crippen molar-refractivity contribution in [2.45, 2.75) is 51.0 Å². The van der Waals surface area contributed by atoms with E-state index in [0.717, 1.165) is 29.8 Å². The summed E-state index contributed by atoms with van der Waals surface area (Å²) in [7, 11) is 0. The lowest BCUT2D eigenvalue weighted by molar-refractivity contribution is -0.141. The number of hydrogen-bond donors (Lipinski definition) is 2. The van der Waals surface area contributed by atoms with Crippen LogP contribution in [-0.4, -0.2) is 58.7 Å². The van der Waals surface area contributed by atoms with Gasteiger partial charge in [0.25, 0.3) is 5.91 Å². The molecule has 31 heavy (non-hydrogen) atoms. The van der Waals surface area contributed by atoms with Crippen LogP contribution in [0.15, 0.2) is 30.3 Å². The van der Waals surface area contributed by atoms with Crippen LogP contribution in [0.2, 0.25) is 0 Å². The van der Waals surface area contributed by atoms with E-state index in [1.807, 2.05) is 37.3 Å². The molecular weight excluding hydrogens is 396 g/mol. The summed E-state index contributed by atoms with van der Waals surface area (Å²) in [5, 5.41) is 5.80. The van der Waals surface area contributed by atoms with Crippen molar-refractivity contribution < 1.29 is 19.2 Å². The number of carbonyl (C=O) groups is 4. The van der Waals surface area contributed by atoms with Crippen LogP contribution in [0.4, 0.5) is 10.5 Å². The number of anilines is 1. The van der Waals surface area contributed by atoms with Crippen LogP contribution in [0.25, 0.3) is 0 Å². The number of rotatable bonds is 4. The van der Waals surface area contributed by atoms with Gasteiger partial charge >= 0.3 is 6.03 Å². The summed E-state index contributed by atoms with van der Waals surface area (Å²) in [6.45, 7) is 2.64. The lowest BCUT2D eigenvalue weighted by atomic mass is 9.73. The molecule has 4 rings (SSSR count). The minimum absolute atomic E-state index is 0.0411. The van der Waals surface area contributed by atoms with Gasteiger partial charge in [-0.2, -0.15) is 0 Å². The number of urea groups is 1. The fourth-order valence-corrected chi connectivity index (χ4v) is 5.03. The number of para-hydroxylation sites is 1. The minimum Gasteiger partial charge on any atom is -0.341 e. The Balaban J connectivity index is 1.30. The van der Waals surface area contributed by atoms with E-state index >= 15 is 0 Å². The van der Waals surface area contributed by atoms with Gasteiger partial charge in [-0.15, -0.1) is 0 Å². The molecule has 2 atom stereocenters. The molecule has 2 N–H and O–H groups in total. The van der Waals surface area contributed by atoms with Gasteiger partial charge in [-0.3, -0.25) is 19.3 Å². The maximum Gasteiger partial charge on any atom is 0.325 e. The first kappa shape index (κ1) is 21.3. The summed E-state index contributed by atoms with van der Waals surface area (Å²) in [5.41, 5.74) is -0.0894. The lowest BCUT2D eigenvalue weighted by Gasteiger charge is -2.37. The summed E-state index contributed by atoms with van der Waals surface area (Å²) < 4.78 is 0. The maximum atomic E-state index is 13.1. The normalized spacial score (nSPS) is 26.8. The summed E-state index contributed by atoms with van der Waals surface area (Å²) >= 11 is 0. The molecule has 1 spiro atoms. The Hall–Kier alpha value is -2.90. The molecule has 0 aromatic heterocycles. The molecule has 0 radical (unpaired) electrons. The first-order valence-electron chi connectivity index (χ1n) is 11.2. The van der Waals surface area contributed by atoms with Gasteiger partial charge < -0.3 is 15.5 Å². The number of piperidine rings is 1. The van der Waals surface area contributed by atoms with Gasteiger partial charge in [0.15, 0.2) is 0 Å². The van der Waals surface area contributed by atoms with Crippen molar-refractivity contribution in [2.24, 2.45) is 11.8 Å². The highest BCUT2D eigenvalue weighted by atomic mass is 16.2. The highest BCUT2D eigenvalue weighted by Crippen LogP contribution is 2.38. The predicted octanol–water partition coefficient (Wildman–Crippen LogP) is 2.36. The first-order valence-corrected chi connectivity index (χ1v) is 11.2. The molecule has 0 bridgehead atoms. The number of benzene rings is 1. The number of likely N-dealkylation sites (tertiary alicyclic amines) is 1. The van der Waals surface area contributed by atoms with Gasteiger partial charge in [0.05, 0.1) is 0 Å². The smallest absolute Gasteiger partial charge is 0.325 e. The van der Waals surface area contributed by atoms with Crippen molar-refractivity contribution in [3.63, 3.8) is 0 Å². The van der Waals surface area contributed by atoms with Gasteiger partial charge in [-0.25, -0.2) is 4.79 Å². The van der Waals surface area contributed by atoms with E-state index in [-0.39, 0.29) is 36.1 Å². The Kier molecular flexibility index (Phi) is 5.98. The molecule has 2 saturated heterocycles. The number of nitrogens with zero attached hydrogens (tertiary/aromatic N) is 2. The molecule has 3 fully saturated rings. The fourth-order valence-electron chi connectivity index (χ4n) is 5.03. The summed E-state index contributed by atoms with van der Waals surface area (Å²) in [4.78, 5) is 53.6. The van der Waals surface area contributed by atoms with Crippen LogP contribution in [0, 0.1) is 11.8 Å². The van der Waals surface area contributed by atoms with Crippen LogP contribution in [0.5, 0.6) is 0 Å². The zero-order valence-electron chi connectivity index (χ0n) is 17.9. The van der Waals surface area contributed by atoms with E-state index in [0.29, 0.717) is 32.4 Å². The molecule has 1 aliphatic carbocycles. The molecule has 8 nitrogen and oxygen atoms in total. The number of nitrogens with one attached hydrogen (secondary N) is 2. The van der Waals surface area contributed by atoms with Crippen molar-refractivity contribution in [2.75, 3.05) is 25.0 Å². The van der Waals surface area contributed by atoms with Gasteiger partial charge in [0, 0.05) is 24.7 Å². The zero-order valence-corrected chi connectivity index (χ0v) is 17.9. The molecule has 2 heterocycles. The largest absolute Gasteiger partial charge is 0.341 e. The molecule has 2 aliphatic heterocycles. The average molecular weight is 427 g/mol. The van der Waals surface area contributed by atoms with Crippen molar-refractivity contribution >= 4 is 29.4 Å². The number of hydrogen-bond acceptors (Lipinski definition) is 4. The van der Waals surface area contributed by atoms with Crippen molar-refractivity contribution in [3.05, 3.63) is 30.3 Å². The SMILES string of the molecule is CC1CCCCC12NC(=O)N(CC(=O)N1CCC(C(=O)Nc3ccccc3)CC1)C2=O. The average Bonchev–Trinajstić information content (AvgIpc) is 3.01. The Labute approximate surface area is 182 Å². The van der Waals surface area contributed by atoms with E-state index < -0.39 is 11.6 Å². The van der Waals surface area contributed by atoms with Crippen molar-refractivity contribution in [1.82, 2.24) is 15.1 Å². The monoisotopic (exact) mass is 426 g/mol. The van der Waals surface area contributed by atoms with Crippen LogP contribution < -0.4 is 10.6 Å². The second kappa shape index (κ2) is 8.69. The molecular formula is C23H30N4O4. The van der Waals surface area contributed by atoms with E-state index in [9.17, 15) is 19.2 Å². The molecule has 3 aliphatic rings. The molecule has 166 valence electrons. The van der Waals surface area contributed by atoms with E-state index in [1.165, 1.54) is 0 Å². The van der Waals surface area contributed by atoms with Crippen molar-refractivity contribution in [3.8, 4) is 0 Å². The Morgan fingerprint density at radius 1 is 1.10 bits per heavy atom. The second-order valence-corrected chi connectivity index (χ2v) is 8.95. The maximum absolute atomic E-state index is 13.1. The third-order valence-electron chi connectivity index (χ3n) is 7.05. The van der Waals surface area contributed by atoms with Crippen molar-refractivity contribution in [1.29, 1.82) is 0 Å². The minimum atomic E-state index is -0.849. The first-order chi connectivity index (χ1) is 14.9. The second-order valence-electron chi connectivity index (χ2n) is 8.95. The number of carbonyl (C=O) groups excluding carboxylic acids is 4. The fraction of sp³-hybridized carbons (Fsp3) is 0.565. The molecule has 2 unspecified atom stereocenters. The highest BCUT2D eigenvalue weighted by molar-refractivity contribution is 6.09. The van der Waals surface area contributed by atoms with E-state index in [1.54, 1.807) is 4.90 Å². The summed E-state index contributed by atoms with van der Waals surface area (Å²) in [6.07, 6.45) is 4.60. The van der Waals surface area contributed by atoms with Gasteiger partial charge in [0.1, 0.15) is 12.1 Å². The Morgan fingerprint density at radius 2 is 1.81 bits per heavy atom. The zero-order chi connectivity index (χ0) is 22.0. The standard InChI is InChI=1S/C23H30N4O4/c1-16-7-5-6-12-23(16)21(30)27(22(31)25-23)15-19(28)26-13-10-17(11-14-26)20(29)24-18-8-3-2-4-9-18/h2-4,8-9,16-17H,5-7,10-15H2,1H3,(H,24,29)(H,25,31). The Morgan fingerprint density at radius 3 is 2.48 bits per heavy atom. The number of imide groups is 1.